The summed E-state index contributed by atoms with van der Waals surface area (Å²) in [7, 11) is 0. The van der Waals surface area contributed by atoms with Crippen molar-refractivity contribution in [2.24, 2.45) is 5.92 Å². The third kappa shape index (κ3) is 4.39. The minimum absolute atomic E-state index is 0.0275. The monoisotopic (exact) mass is 279 g/mol. The number of rotatable bonds is 3. The summed E-state index contributed by atoms with van der Waals surface area (Å²) in [5.41, 5.74) is 0. The van der Waals surface area contributed by atoms with Crippen molar-refractivity contribution < 1.29 is 9.53 Å². The van der Waals surface area contributed by atoms with Gasteiger partial charge >= 0.3 is 6.03 Å². The minimum atomic E-state index is -0.200. The van der Waals surface area contributed by atoms with Gasteiger partial charge in [0.25, 0.3) is 0 Å². The van der Waals surface area contributed by atoms with E-state index in [2.05, 4.69) is 16.1 Å². The molecule has 0 radical (unpaired) electrons. The van der Waals surface area contributed by atoms with Crippen LogP contribution in [-0.2, 0) is 4.74 Å². The standard InChI is InChI=1S/C15H25N3O2/c1-3-13(2)16-15(19)18-6-4-14(5-7-18)12-17-8-10-20-11-9-17/h1,13-14H,4-12H2,2H3,(H,16,19)/t13-/m0/s1. The molecule has 2 rings (SSSR count). The summed E-state index contributed by atoms with van der Waals surface area (Å²) < 4.78 is 5.37. The van der Waals surface area contributed by atoms with E-state index in [1.54, 1.807) is 0 Å². The molecular weight excluding hydrogens is 254 g/mol. The molecule has 2 fully saturated rings. The summed E-state index contributed by atoms with van der Waals surface area (Å²) in [4.78, 5) is 16.3. The van der Waals surface area contributed by atoms with Gasteiger partial charge in [-0.05, 0) is 25.7 Å². The van der Waals surface area contributed by atoms with Crippen molar-refractivity contribution in [2.75, 3.05) is 45.9 Å². The van der Waals surface area contributed by atoms with Gasteiger partial charge in [0.05, 0.1) is 19.3 Å². The van der Waals surface area contributed by atoms with Crippen molar-refractivity contribution in [3.63, 3.8) is 0 Å². The molecule has 2 aliphatic rings. The molecule has 0 bridgehead atoms. The quantitative estimate of drug-likeness (QED) is 0.776. The number of morpholine rings is 1. The number of carbonyl (C=O) groups is 1. The zero-order chi connectivity index (χ0) is 14.4. The molecule has 2 amide bonds. The summed E-state index contributed by atoms with van der Waals surface area (Å²) in [5, 5.41) is 2.82. The molecule has 20 heavy (non-hydrogen) atoms. The first-order valence-electron chi connectivity index (χ1n) is 7.50. The molecule has 0 aliphatic carbocycles. The Hall–Kier alpha value is -1.25. The Balaban J connectivity index is 1.69. The third-order valence-corrected chi connectivity index (χ3v) is 4.11. The number of terminal acetylenes is 1. The Labute approximate surface area is 121 Å². The smallest absolute Gasteiger partial charge is 0.318 e. The SMILES string of the molecule is C#C[C@H](C)NC(=O)N1CCC(CN2CCOCC2)CC1. The van der Waals surface area contributed by atoms with Crippen LogP contribution in [-0.4, -0.2) is 67.8 Å². The Bertz CT molecular complexity index is 353. The Morgan fingerprint density at radius 2 is 2.00 bits per heavy atom. The number of hydrogen-bond donors (Lipinski definition) is 1. The van der Waals surface area contributed by atoms with Gasteiger partial charge in [-0.3, -0.25) is 4.90 Å². The lowest BCUT2D eigenvalue weighted by molar-refractivity contribution is 0.0258. The van der Waals surface area contributed by atoms with Gasteiger partial charge in [-0.1, -0.05) is 5.92 Å². The highest BCUT2D eigenvalue weighted by molar-refractivity contribution is 5.74. The van der Waals surface area contributed by atoms with Crippen molar-refractivity contribution in [1.82, 2.24) is 15.1 Å². The fourth-order valence-electron chi connectivity index (χ4n) is 2.79. The molecule has 0 aromatic rings. The van der Waals surface area contributed by atoms with Gasteiger partial charge in [0.1, 0.15) is 0 Å². The van der Waals surface area contributed by atoms with Crippen LogP contribution in [0.2, 0.25) is 0 Å². The first-order chi connectivity index (χ1) is 9.69. The number of amides is 2. The predicted octanol–water partition coefficient (Wildman–Crippen LogP) is 0.762. The highest BCUT2D eigenvalue weighted by Crippen LogP contribution is 2.19. The molecular formula is C15H25N3O2. The van der Waals surface area contributed by atoms with Gasteiger partial charge in [-0.25, -0.2) is 4.79 Å². The number of nitrogens with zero attached hydrogens (tertiary/aromatic N) is 2. The molecule has 112 valence electrons. The largest absolute Gasteiger partial charge is 0.379 e. The summed E-state index contributed by atoms with van der Waals surface area (Å²) >= 11 is 0. The summed E-state index contributed by atoms with van der Waals surface area (Å²) in [5.74, 6) is 3.22. The lowest BCUT2D eigenvalue weighted by atomic mass is 9.96. The second-order valence-corrected chi connectivity index (χ2v) is 5.68. The van der Waals surface area contributed by atoms with Gasteiger partial charge in [0.2, 0.25) is 0 Å². The zero-order valence-electron chi connectivity index (χ0n) is 12.3. The molecule has 2 saturated heterocycles. The van der Waals surface area contributed by atoms with E-state index < -0.39 is 0 Å². The molecule has 1 N–H and O–H groups in total. The number of ether oxygens (including phenoxy) is 1. The van der Waals surface area contributed by atoms with E-state index in [1.807, 2.05) is 11.8 Å². The molecule has 2 heterocycles. The molecule has 0 aromatic carbocycles. The van der Waals surface area contributed by atoms with Crippen molar-refractivity contribution in [3.05, 3.63) is 0 Å². The predicted molar refractivity (Wildman–Crippen MR) is 78.4 cm³/mol. The second-order valence-electron chi connectivity index (χ2n) is 5.68. The summed E-state index contributed by atoms with van der Waals surface area (Å²) in [6, 6.07) is -0.228. The maximum absolute atomic E-state index is 12.0. The van der Waals surface area contributed by atoms with Crippen LogP contribution in [0.3, 0.4) is 0 Å². The first kappa shape index (κ1) is 15.1. The Morgan fingerprint density at radius 3 is 2.60 bits per heavy atom. The molecule has 5 heteroatoms. The Kier molecular flexibility index (Phi) is 5.69. The second kappa shape index (κ2) is 7.51. The van der Waals surface area contributed by atoms with Crippen LogP contribution in [0, 0.1) is 18.3 Å². The molecule has 5 nitrogen and oxygen atoms in total. The van der Waals surface area contributed by atoms with Crippen molar-refractivity contribution in [1.29, 1.82) is 0 Å². The van der Waals surface area contributed by atoms with Crippen LogP contribution in [0.4, 0.5) is 4.79 Å². The van der Waals surface area contributed by atoms with Crippen molar-refractivity contribution >= 4 is 6.03 Å². The van der Waals surface area contributed by atoms with Gasteiger partial charge in [0, 0.05) is 32.7 Å². The average Bonchev–Trinajstić information content (AvgIpc) is 2.49. The molecule has 0 spiro atoms. The number of urea groups is 1. The summed E-state index contributed by atoms with van der Waals surface area (Å²) in [6.45, 7) is 8.41. The van der Waals surface area contributed by atoms with Crippen LogP contribution < -0.4 is 5.32 Å². The lowest BCUT2D eigenvalue weighted by Gasteiger charge is -2.36. The number of hydrogen-bond acceptors (Lipinski definition) is 3. The fourth-order valence-corrected chi connectivity index (χ4v) is 2.79. The maximum Gasteiger partial charge on any atom is 0.318 e. The highest BCUT2D eigenvalue weighted by atomic mass is 16.5. The fraction of sp³-hybridized carbons (Fsp3) is 0.800. The van der Waals surface area contributed by atoms with E-state index in [0.717, 1.165) is 58.8 Å². The first-order valence-corrected chi connectivity index (χ1v) is 7.50. The molecule has 0 saturated carbocycles. The topological polar surface area (TPSA) is 44.8 Å². The van der Waals surface area contributed by atoms with Gasteiger partial charge in [-0.15, -0.1) is 6.42 Å². The number of carbonyl (C=O) groups excluding carboxylic acids is 1. The lowest BCUT2D eigenvalue weighted by Crippen LogP contribution is -2.48. The molecule has 1 atom stereocenters. The number of likely N-dealkylation sites (tertiary alicyclic amines) is 1. The van der Waals surface area contributed by atoms with Crippen molar-refractivity contribution in [2.45, 2.75) is 25.8 Å². The van der Waals surface area contributed by atoms with Crippen LogP contribution in [0.25, 0.3) is 0 Å². The van der Waals surface area contributed by atoms with Crippen LogP contribution in [0.15, 0.2) is 0 Å². The molecule has 2 aliphatic heterocycles. The maximum atomic E-state index is 12.0. The van der Waals surface area contributed by atoms with Gasteiger partial charge < -0.3 is 15.0 Å². The third-order valence-electron chi connectivity index (χ3n) is 4.11. The van der Waals surface area contributed by atoms with Gasteiger partial charge in [0.15, 0.2) is 0 Å². The van der Waals surface area contributed by atoms with E-state index in [1.165, 1.54) is 0 Å². The average molecular weight is 279 g/mol. The van der Waals surface area contributed by atoms with Crippen LogP contribution >= 0.6 is 0 Å². The van der Waals surface area contributed by atoms with E-state index >= 15 is 0 Å². The normalized spacial score (nSPS) is 23.1. The summed E-state index contributed by atoms with van der Waals surface area (Å²) in [6.07, 6.45) is 7.43. The molecule has 0 unspecified atom stereocenters. The van der Waals surface area contributed by atoms with Gasteiger partial charge in [-0.2, -0.15) is 0 Å². The number of nitrogens with one attached hydrogen (secondary N) is 1. The van der Waals surface area contributed by atoms with Crippen LogP contribution in [0.5, 0.6) is 0 Å². The van der Waals surface area contributed by atoms with E-state index in [-0.39, 0.29) is 12.1 Å². The van der Waals surface area contributed by atoms with Crippen LogP contribution in [0.1, 0.15) is 19.8 Å². The minimum Gasteiger partial charge on any atom is -0.379 e. The molecule has 0 aromatic heterocycles. The zero-order valence-corrected chi connectivity index (χ0v) is 12.3. The Morgan fingerprint density at radius 1 is 1.35 bits per heavy atom. The van der Waals surface area contributed by atoms with Crippen molar-refractivity contribution in [3.8, 4) is 12.3 Å². The van der Waals surface area contributed by atoms with E-state index in [9.17, 15) is 4.79 Å². The highest BCUT2D eigenvalue weighted by Gasteiger charge is 2.25. The number of piperidine rings is 1. The van der Waals surface area contributed by atoms with E-state index in [0.29, 0.717) is 5.92 Å². The van der Waals surface area contributed by atoms with E-state index in [4.69, 9.17) is 11.2 Å².